The summed E-state index contributed by atoms with van der Waals surface area (Å²) in [6.45, 7) is 3.75. The molecule has 0 unspecified atom stereocenters. The molecule has 0 atom stereocenters. The highest BCUT2D eigenvalue weighted by atomic mass is 35.5. The lowest BCUT2D eigenvalue weighted by Crippen LogP contribution is -2.13. The van der Waals surface area contributed by atoms with Crippen LogP contribution in [0.3, 0.4) is 0 Å². The van der Waals surface area contributed by atoms with E-state index in [2.05, 4.69) is 11.4 Å². The van der Waals surface area contributed by atoms with Crippen LogP contribution in [0.2, 0.25) is 5.02 Å². The molecule has 1 aromatic heterocycles. The van der Waals surface area contributed by atoms with E-state index in [1.807, 2.05) is 19.9 Å². The van der Waals surface area contributed by atoms with Gasteiger partial charge in [-0.2, -0.15) is 10.5 Å². The third kappa shape index (κ3) is 5.02. The molecule has 1 aromatic carbocycles. The van der Waals surface area contributed by atoms with Gasteiger partial charge in [0.25, 0.3) is 5.91 Å². The molecule has 0 radical (unpaired) electrons. The fourth-order valence-electron chi connectivity index (χ4n) is 3.43. The van der Waals surface area contributed by atoms with Gasteiger partial charge in [0.1, 0.15) is 22.7 Å². The molecule has 0 saturated carbocycles. The molecule has 2 aromatic rings. The zero-order valence-corrected chi connectivity index (χ0v) is 19.1. The maximum Gasteiger partial charge on any atom is 0.266 e. The third-order valence-corrected chi connectivity index (χ3v) is 6.28. The predicted molar refractivity (Wildman–Crippen MR) is 122 cm³/mol. The van der Waals surface area contributed by atoms with Crippen LogP contribution in [-0.4, -0.2) is 19.1 Å². The number of halogens is 1. The monoisotopic (exact) mass is 455 g/mol. The first-order chi connectivity index (χ1) is 14.9. The summed E-state index contributed by atoms with van der Waals surface area (Å²) >= 11 is 7.76. The Hall–Kier alpha value is -3.00. The SMILES string of the molecule is COc1cc(/C=C(\C#N)C(=O)Nc2sc3c(c2C#N)CCCC3)cc(Cl)c1OC(C)C. The molecule has 0 fully saturated rings. The van der Waals surface area contributed by atoms with Crippen LogP contribution in [0.15, 0.2) is 17.7 Å². The van der Waals surface area contributed by atoms with Gasteiger partial charge in [-0.25, -0.2) is 0 Å². The van der Waals surface area contributed by atoms with Crippen molar-refractivity contribution in [2.24, 2.45) is 0 Å². The van der Waals surface area contributed by atoms with Crippen LogP contribution in [0.4, 0.5) is 5.00 Å². The Morgan fingerprint density at radius 1 is 1.29 bits per heavy atom. The van der Waals surface area contributed by atoms with Gasteiger partial charge in [0.15, 0.2) is 11.5 Å². The van der Waals surface area contributed by atoms with E-state index in [1.54, 1.807) is 12.1 Å². The lowest BCUT2D eigenvalue weighted by molar-refractivity contribution is -0.112. The number of aryl methyl sites for hydroxylation is 1. The van der Waals surface area contributed by atoms with Crippen molar-refractivity contribution in [3.8, 4) is 23.6 Å². The highest BCUT2D eigenvalue weighted by Gasteiger charge is 2.23. The Kier molecular flexibility index (Phi) is 7.22. The average Bonchev–Trinajstić information content (AvgIpc) is 3.09. The number of hydrogen-bond donors (Lipinski definition) is 1. The van der Waals surface area contributed by atoms with Crippen LogP contribution in [0, 0.1) is 22.7 Å². The number of methoxy groups -OCH3 is 1. The predicted octanol–water partition coefficient (Wildman–Crippen LogP) is 5.49. The van der Waals surface area contributed by atoms with Crippen LogP contribution < -0.4 is 14.8 Å². The zero-order valence-electron chi connectivity index (χ0n) is 17.5. The van der Waals surface area contributed by atoms with Crippen molar-refractivity contribution in [1.29, 1.82) is 10.5 Å². The first-order valence-electron chi connectivity index (χ1n) is 9.89. The normalized spacial score (nSPS) is 13.2. The molecule has 0 spiro atoms. The van der Waals surface area contributed by atoms with E-state index in [-0.39, 0.29) is 11.7 Å². The molecule has 1 aliphatic carbocycles. The number of carbonyl (C=O) groups is 1. The van der Waals surface area contributed by atoms with Gasteiger partial charge in [0.05, 0.1) is 23.8 Å². The van der Waals surface area contributed by atoms with Crippen LogP contribution in [-0.2, 0) is 17.6 Å². The van der Waals surface area contributed by atoms with Crippen molar-refractivity contribution in [1.82, 2.24) is 0 Å². The summed E-state index contributed by atoms with van der Waals surface area (Å²) in [5, 5.41) is 22.7. The Morgan fingerprint density at radius 2 is 2.03 bits per heavy atom. The Morgan fingerprint density at radius 3 is 2.68 bits per heavy atom. The van der Waals surface area contributed by atoms with E-state index in [9.17, 15) is 15.3 Å². The number of nitrogens with zero attached hydrogens (tertiary/aromatic N) is 2. The van der Waals surface area contributed by atoms with E-state index in [0.29, 0.717) is 32.6 Å². The van der Waals surface area contributed by atoms with E-state index in [1.165, 1.54) is 24.5 Å². The highest BCUT2D eigenvalue weighted by molar-refractivity contribution is 7.16. The number of carbonyl (C=O) groups excluding carboxylic acids is 1. The molecule has 0 aliphatic heterocycles. The summed E-state index contributed by atoms with van der Waals surface area (Å²) in [7, 11) is 1.49. The molecule has 1 aliphatic rings. The minimum absolute atomic E-state index is 0.0980. The largest absolute Gasteiger partial charge is 0.493 e. The number of thiophene rings is 1. The summed E-state index contributed by atoms with van der Waals surface area (Å²) in [6, 6.07) is 7.39. The average molecular weight is 456 g/mol. The lowest BCUT2D eigenvalue weighted by atomic mass is 9.96. The molecule has 0 saturated heterocycles. The first kappa shape index (κ1) is 22.7. The van der Waals surface area contributed by atoms with Gasteiger partial charge in [0.2, 0.25) is 0 Å². The lowest BCUT2D eigenvalue weighted by Gasteiger charge is -2.15. The van der Waals surface area contributed by atoms with Gasteiger partial charge in [-0.15, -0.1) is 11.3 Å². The summed E-state index contributed by atoms with van der Waals surface area (Å²) < 4.78 is 11.1. The number of fused-ring (bicyclic) bond motifs is 1. The van der Waals surface area contributed by atoms with E-state index in [4.69, 9.17) is 21.1 Å². The second-order valence-electron chi connectivity index (χ2n) is 7.35. The molecule has 8 heteroatoms. The molecule has 160 valence electrons. The molecule has 0 bridgehead atoms. The minimum atomic E-state index is -0.574. The minimum Gasteiger partial charge on any atom is -0.493 e. The van der Waals surface area contributed by atoms with Crippen molar-refractivity contribution >= 4 is 39.9 Å². The number of rotatable bonds is 6. The quantitative estimate of drug-likeness (QED) is 0.458. The number of benzene rings is 1. The van der Waals surface area contributed by atoms with Gasteiger partial charge >= 0.3 is 0 Å². The van der Waals surface area contributed by atoms with E-state index < -0.39 is 5.91 Å². The van der Waals surface area contributed by atoms with Crippen LogP contribution in [0.5, 0.6) is 11.5 Å². The maximum atomic E-state index is 12.8. The van der Waals surface area contributed by atoms with Crippen LogP contribution in [0.1, 0.15) is 48.3 Å². The number of hydrogen-bond acceptors (Lipinski definition) is 6. The van der Waals surface area contributed by atoms with E-state index >= 15 is 0 Å². The second kappa shape index (κ2) is 9.87. The molecule has 6 nitrogen and oxygen atoms in total. The highest BCUT2D eigenvalue weighted by Crippen LogP contribution is 2.39. The summed E-state index contributed by atoms with van der Waals surface area (Å²) in [6.07, 6.45) is 5.20. The topological polar surface area (TPSA) is 95.1 Å². The molecular weight excluding hydrogens is 434 g/mol. The summed E-state index contributed by atoms with van der Waals surface area (Å²) in [5.41, 5.74) is 1.94. The van der Waals surface area contributed by atoms with Crippen molar-refractivity contribution in [3.63, 3.8) is 0 Å². The number of nitriles is 2. The Bertz CT molecular complexity index is 1120. The number of nitrogens with one attached hydrogen (secondary N) is 1. The second-order valence-corrected chi connectivity index (χ2v) is 8.86. The molecule has 1 N–H and O–H groups in total. The van der Waals surface area contributed by atoms with Crippen LogP contribution in [0.25, 0.3) is 6.08 Å². The van der Waals surface area contributed by atoms with Crippen molar-refractivity contribution < 1.29 is 14.3 Å². The molecule has 3 rings (SSSR count). The van der Waals surface area contributed by atoms with Crippen molar-refractivity contribution in [3.05, 3.63) is 44.3 Å². The molecular formula is C23H22ClN3O3S. The molecule has 1 amide bonds. The fraction of sp³-hybridized carbons (Fsp3) is 0.348. The fourth-order valence-corrected chi connectivity index (χ4v) is 4.93. The first-order valence-corrected chi connectivity index (χ1v) is 11.1. The van der Waals surface area contributed by atoms with Gasteiger partial charge in [0, 0.05) is 4.88 Å². The van der Waals surface area contributed by atoms with Gasteiger partial charge < -0.3 is 14.8 Å². The van der Waals surface area contributed by atoms with Crippen LogP contribution >= 0.6 is 22.9 Å². The van der Waals surface area contributed by atoms with Gasteiger partial charge in [-0.3, -0.25) is 4.79 Å². The summed E-state index contributed by atoms with van der Waals surface area (Å²) in [5.74, 6) is 0.236. The summed E-state index contributed by atoms with van der Waals surface area (Å²) in [4.78, 5) is 13.9. The third-order valence-electron chi connectivity index (χ3n) is 4.79. The van der Waals surface area contributed by atoms with Crippen molar-refractivity contribution in [2.45, 2.75) is 45.6 Å². The Labute approximate surface area is 190 Å². The molecule has 1 heterocycles. The smallest absolute Gasteiger partial charge is 0.266 e. The van der Waals surface area contributed by atoms with E-state index in [0.717, 1.165) is 36.1 Å². The zero-order chi connectivity index (χ0) is 22.5. The Balaban J connectivity index is 1.90. The maximum absolute atomic E-state index is 12.8. The van der Waals surface area contributed by atoms with Gasteiger partial charge in [-0.1, -0.05) is 11.6 Å². The standard InChI is InChI=1S/C23H22ClN3O3S/c1-13(2)30-21-18(24)9-14(10-19(21)29-3)8-15(11-25)22(28)27-23-17(12-26)16-6-4-5-7-20(16)31-23/h8-10,13H,4-7H2,1-3H3,(H,27,28)/b15-8+. The van der Waals surface area contributed by atoms with Gasteiger partial charge in [-0.05, 0) is 68.9 Å². The van der Waals surface area contributed by atoms with Crippen molar-refractivity contribution in [2.75, 3.05) is 12.4 Å². The number of anilines is 1. The number of ether oxygens (including phenoxy) is 2. The number of amides is 1. The molecule has 31 heavy (non-hydrogen) atoms.